The third kappa shape index (κ3) is 3.19. The van der Waals surface area contributed by atoms with Crippen LogP contribution in [0.25, 0.3) is 6.08 Å². The molecule has 0 spiro atoms. The molecule has 1 fully saturated rings. The summed E-state index contributed by atoms with van der Waals surface area (Å²) in [6.07, 6.45) is 1.79. The van der Waals surface area contributed by atoms with Gasteiger partial charge in [0.15, 0.2) is 5.17 Å². The van der Waals surface area contributed by atoms with E-state index in [0.717, 1.165) is 22.4 Å². The average molecular weight is 343 g/mol. The molecular weight excluding hydrogens is 328 g/mol. The lowest BCUT2D eigenvalue weighted by atomic mass is 10.1. The number of amides is 1. The fourth-order valence-electron chi connectivity index (χ4n) is 2.38. The standard InChI is InChI=1S/C18H15ClN2OS/c1-11-3-4-12(2)15(9-11)21-17(22)16(23-18(21)20)10-13-5-7-14(19)8-6-13/h3-10,20H,1-2H3/b16-10+,20-18?. The van der Waals surface area contributed by atoms with Gasteiger partial charge in [0.1, 0.15) is 0 Å². The number of halogens is 1. The van der Waals surface area contributed by atoms with Crippen LogP contribution < -0.4 is 4.90 Å². The lowest BCUT2D eigenvalue weighted by molar-refractivity contribution is -0.113. The number of amidine groups is 1. The Labute approximate surface area is 144 Å². The van der Waals surface area contributed by atoms with Gasteiger partial charge in [-0.2, -0.15) is 0 Å². The Balaban J connectivity index is 1.97. The summed E-state index contributed by atoms with van der Waals surface area (Å²) >= 11 is 7.06. The Kier molecular flexibility index (Phi) is 4.28. The summed E-state index contributed by atoms with van der Waals surface area (Å²) in [7, 11) is 0. The van der Waals surface area contributed by atoms with E-state index in [9.17, 15) is 4.79 Å². The van der Waals surface area contributed by atoms with E-state index in [-0.39, 0.29) is 11.1 Å². The zero-order valence-corrected chi connectivity index (χ0v) is 14.3. The molecule has 23 heavy (non-hydrogen) atoms. The van der Waals surface area contributed by atoms with Gasteiger partial charge in [0.05, 0.1) is 10.6 Å². The molecule has 1 amide bonds. The molecule has 1 heterocycles. The maximum atomic E-state index is 12.7. The van der Waals surface area contributed by atoms with Crippen LogP contribution in [-0.2, 0) is 4.79 Å². The van der Waals surface area contributed by atoms with Gasteiger partial charge in [0.2, 0.25) is 0 Å². The van der Waals surface area contributed by atoms with Crippen LogP contribution in [0.15, 0.2) is 47.4 Å². The van der Waals surface area contributed by atoms with Crippen molar-refractivity contribution >= 4 is 46.2 Å². The normalized spacial score (nSPS) is 16.5. The molecular formula is C18H15ClN2OS. The number of benzene rings is 2. The highest BCUT2D eigenvalue weighted by atomic mass is 35.5. The Morgan fingerprint density at radius 3 is 2.52 bits per heavy atom. The zero-order valence-electron chi connectivity index (χ0n) is 12.8. The second-order valence-corrected chi connectivity index (χ2v) is 6.86. The highest BCUT2D eigenvalue weighted by molar-refractivity contribution is 8.19. The van der Waals surface area contributed by atoms with Crippen molar-refractivity contribution in [3.63, 3.8) is 0 Å². The van der Waals surface area contributed by atoms with Gasteiger partial charge in [-0.25, -0.2) is 0 Å². The summed E-state index contributed by atoms with van der Waals surface area (Å²) in [5.41, 5.74) is 3.70. The van der Waals surface area contributed by atoms with Gasteiger partial charge in [-0.05, 0) is 66.6 Å². The van der Waals surface area contributed by atoms with Crippen molar-refractivity contribution in [3.8, 4) is 0 Å². The Bertz CT molecular complexity index is 827. The number of aryl methyl sites for hydroxylation is 2. The van der Waals surface area contributed by atoms with Crippen LogP contribution in [0.1, 0.15) is 16.7 Å². The number of nitrogens with one attached hydrogen (secondary N) is 1. The predicted octanol–water partition coefficient (Wildman–Crippen LogP) is 5.01. The predicted molar refractivity (Wildman–Crippen MR) is 98.1 cm³/mol. The summed E-state index contributed by atoms with van der Waals surface area (Å²) in [5, 5.41) is 9.06. The smallest absolute Gasteiger partial charge is 0.271 e. The largest absolute Gasteiger partial charge is 0.278 e. The Morgan fingerprint density at radius 1 is 1.13 bits per heavy atom. The van der Waals surface area contributed by atoms with Crippen LogP contribution in [0.4, 0.5) is 5.69 Å². The van der Waals surface area contributed by atoms with Crippen molar-refractivity contribution in [1.29, 1.82) is 5.41 Å². The summed E-state index contributed by atoms with van der Waals surface area (Å²) in [5.74, 6) is -0.163. The molecule has 2 aromatic rings. The molecule has 1 aliphatic heterocycles. The zero-order chi connectivity index (χ0) is 16.6. The molecule has 3 nitrogen and oxygen atoms in total. The van der Waals surface area contributed by atoms with Crippen LogP contribution in [0.5, 0.6) is 0 Å². The molecule has 0 aliphatic carbocycles. The van der Waals surface area contributed by atoms with E-state index in [0.29, 0.717) is 9.93 Å². The third-order valence-corrected chi connectivity index (χ3v) is 4.74. The second-order valence-electron chi connectivity index (χ2n) is 5.40. The molecule has 0 aromatic heterocycles. The molecule has 1 saturated heterocycles. The van der Waals surface area contributed by atoms with E-state index >= 15 is 0 Å². The lowest BCUT2D eigenvalue weighted by Gasteiger charge is -2.17. The summed E-state index contributed by atoms with van der Waals surface area (Å²) in [4.78, 5) is 14.7. The van der Waals surface area contributed by atoms with Gasteiger partial charge in [-0.15, -0.1) is 0 Å². The molecule has 0 saturated carbocycles. The lowest BCUT2D eigenvalue weighted by Crippen LogP contribution is -2.28. The number of nitrogens with zero attached hydrogens (tertiary/aromatic N) is 1. The topological polar surface area (TPSA) is 44.2 Å². The number of carbonyl (C=O) groups is 1. The minimum absolute atomic E-state index is 0.163. The Morgan fingerprint density at radius 2 is 1.83 bits per heavy atom. The first-order chi connectivity index (χ1) is 11.0. The van der Waals surface area contributed by atoms with Crippen LogP contribution in [-0.4, -0.2) is 11.1 Å². The molecule has 116 valence electrons. The number of hydrogen-bond acceptors (Lipinski definition) is 3. The quantitative estimate of drug-likeness (QED) is 0.779. The minimum Gasteiger partial charge on any atom is -0.278 e. The Hall–Kier alpha value is -2.04. The van der Waals surface area contributed by atoms with E-state index in [1.165, 1.54) is 16.7 Å². The fraction of sp³-hybridized carbons (Fsp3) is 0.111. The van der Waals surface area contributed by atoms with E-state index in [1.807, 2.05) is 44.2 Å². The van der Waals surface area contributed by atoms with E-state index in [2.05, 4.69) is 0 Å². The van der Waals surface area contributed by atoms with Crippen molar-refractivity contribution < 1.29 is 4.79 Å². The molecule has 0 bridgehead atoms. The van der Waals surface area contributed by atoms with Crippen molar-refractivity contribution in [2.75, 3.05) is 4.90 Å². The van der Waals surface area contributed by atoms with Crippen LogP contribution in [0.3, 0.4) is 0 Å². The first kappa shape index (κ1) is 15.8. The molecule has 0 atom stereocenters. The van der Waals surface area contributed by atoms with Gasteiger partial charge in [0.25, 0.3) is 5.91 Å². The minimum atomic E-state index is -0.163. The molecule has 1 aliphatic rings. The molecule has 0 radical (unpaired) electrons. The summed E-state index contributed by atoms with van der Waals surface area (Å²) in [6, 6.07) is 13.2. The van der Waals surface area contributed by atoms with Crippen molar-refractivity contribution in [1.82, 2.24) is 0 Å². The van der Waals surface area contributed by atoms with Crippen LogP contribution in [0, 0.1) is 19.3 Å². The average Bonchev–Trinajstić information content (AvgIpc) is 2.78. The highest BCUT2D eigenvalue weighted by Crippen LogP contribution is 2.36. The summed E-state index contributed by atoms with van der Waals surface area (Å²) < 4.78 is 0. The third-order valence-electron chi connectivity index (χ3n) is 3.60. The molecule has 5 heteroatoms. The number of hydrogen-bond donors (Lipinski definition) is 1. The van der Waals surface area contributed by atoms with Crippen LogP contribution in [0.2, 0.25) is 5.02 Å². The van der Waals surface area contributed by atoms with Gasteiger partial charge in [0, 0.05) is 5.02 Å². The monoisotopic (exact) mass is 342 g/mol. The van der Waals surface area contributed by atoms with Crippen molar-refractivity contribution in [3.05, 3.63) is 69.1 Å². The van der Waals surface area contributed by atoms with Gasteiger partial charge < -0.3 is 0 Å². The highest BCUT2D eigenvalue weighted by Gasteiger charge is 2.34. The van der Waals surface area contributed by atoms with E-state index < -0.39 is 0 Å². The molecule has 0 unspecified atom stereocenters. The number of carbonyl (C=O) groups excluding carboxylic acids is 1. The van der Waals surface area contributed by atoms with Crippen LogP contribution >= 0.6 is 23.4 Å². The van der Waals surface area contributed by atoms with Gasteiger partial charge in [-0.1, -0.05) is 35.9 Å². The maximum Gasteiger partial charge on any atom is 0.271 e. The van der Waals surface area contributed by atoms with Gasteiger partial charge >= 0.3 is 0 Å². The number of anilines is 1. The second kappa shape index (κ2) is 6.22. The maximum absolute atomic E-state index is 12.7. The fourth-order valence-corrected chi connectivity index (χ4v) is 3.36. The van der Waals surface area contributed by atoms with E-state index in [4.69, 9.17) is 17.0 Å². The molecule has 2 aromatic carbocycles. The molecule has 1 N–H and O–H groups in total. The molecule has 3 rings (SSSR count). The first-order valence-electron chi connectivity index (χ1n) is 7.11. The van der Waals surface area contributed by atoms with Gasteiger partial charge in [-0.3, -0.25) is 15.1 Å². The SMILES string of the molecule is Cc1ccc(C)c(N2C(=N)S/C(=C/c3ccc(Cl)cc3)C2=O)c1. The van der Waals surface area contributed by atoms with Crippen molar-refractivity contribution in [2.24, 2.45) is 0 Å². The summed E-state index contributed by atoms with van der Waals surface area (Å²) in [6.45, 7) is 3.92. The van der Waals surface area contributed by atoms with Crippen molar-refractivity contribution in [2.45, 2.75) is 13.8 Å². The first-order valence-corrected chi connectivity index (χ1v) is 8.30. The number of rotatable bonds is 2. The van der Waals surface area contributed by atoms with E-state index in [1.54, 1.807) is 18.2 Å². The number of thioether (sulfide) groups is 1.